The van der Waals surface area contributed by atoms with Gasteiger partial charge in [-0.1, -0.05) is 6.07 Å². The topological polar surface area (TPSA) is 60.7 Å². The average molecular weight is 275 g/mol. The van der Waals surface area contributed by atoms with Gasteiger partial charge in [-0.3, -0.25) is 0 Å². The molecule has 0 radical (unpaired) electrons. The van der Waals surface area contributed by atoms with E-state index in [1.165, 1.54) is 13.4 Å². The molecule has 2 rings (SSSR count). The van der Waals surface area contributed by atoms with Gasteiger partial charge in [0, 0.05) is 0 Å². The van der Waals surface area contributed by atoms with Gasteiger partial charge in [0.25, 0.3) is 0 Å². The molecule has 0 aliphatic carbocycles. The fourth-order valence-corrected chi connectivity index (χ4v) is 1.84. The Morgan fingerprint density at radius 3 is 2.80 bits per heavy atom. The number of benzene rings is 1. The third kappa shape index (κ3) is 3.12. The summed E-state index contributed by atoms with van der Waals surface area (Å²) in [5, 5.41) is 3.22. The third-order valence-corrected chi connectivity index (χ3v) is 2.88. The van der Waals surface area contributed by atoms with Gasteiger partial charge in [-0.05, 0) is 30.7 Å². The maximum atomic E-state index is 11.3. The van der Waals surface area contributed by atoms with Crippen LogP contribution in [0.25, 0.3) is 0 Å². The van der Waals surface area contributed by atoms with Crippen LogP contribution in [0.4, 0.5) is 5.69 Å². The first-order valence-corrected chi connectivity index (χ1v) is 6.18. The fraction of sp³-hybridized carbons (Fsp3) is 0.267. The number of hydrogen-bond acceptors (Lipinski definition) is 5. The summed E-state index contributed by atoms with van der Waals surface area (Å²) in [6.45, 7) is 2.46. The van der Waals surface area contributed by atoms with E-state index >= 15 is 0 Å². The van der Waals surface area contributed by atoms with Crippen LogP contribution >= 0.6 is 0 Å². The first-order chi connectivity index (χ1) is 9.63. The minimum absolute atomic E-state index is 0.403. The number of rotatable bonds is 5. The summed E-state index contributed by atoms with van der Waals surface area (Å²) >= 11 is 0. The predicted molar refractivity (Wildman–Crippen MR) is 75.1 cm³/mol. The first kappa shape index (κ1) is 14.0. The highest BCUT2D eigenvalue weighted by molar-refractivity contribution is 5.89. The molecule has 1 aromatic heterocycles. The van der Waals surface area contributed by atoms with Crippen molar-refractivity contribution in [2.24, 2.45) is 0 Å². The smallest absolute Gasteiger partial charge is 0.341 e. The molecule has 20 heavy (non-hydrogen) atoms. The summed E-state index contributed by atoms with van der Waals surface area (Å²) in [6.07, 6.45) is 1.39. The maximum absolute atomic E-state index is 11.3. The van der Waals surface area contributed by atoms with Crippen LogP contribution in [0.5, 0.6) is 5.75 Å². The lowest BCUT2D eigenvalue weighted by Gasteiger charge is -2.10. The summed E-state index contributed by atoms with van der Waals surface area (Å²) in [7, 11) is 2.96. The molecule has 0 saturated heterocycles. The molecule has 5 heteroatoms. The Morgan fingerprint density at radius 2 is 2.10 bits per heavy atom. The number of anilines is 1. The molecule has 0 bridgehead atoms. The van der Waals surface area contributed by atoms with E-state index in [4.69, 9.17) is 9.15 Å². The second kappa shape index (κ2) is 6.14. The van der Waals surface area contributed by atoms with E-state index in [9.17, 15) is 4.79 Å². The van der Waals surface area contributed by atoms with Crippen LogP contribution in [0.1, 0.15) is 21.7 Å². The molecule has 5 nitrogen and oxygen atoms in total. The molecule has 1 aromatic carbocycles. The zero-order valence-electron chi connectivity index (χ0n) is 11.7. The van der Waals surface area contributed by atoms with Crippen molar-refractivity contribution in [3.8, 4) is 5.75 Å². The Morgan fingerprint density at radius 1 is 1.30 bits per heavy atom. The maximum Gasteiger partial charge on any atom is 0.341 e. The Kier molecular flexibility index (Phi) is 4.30. The van der Waals surface area contributed by atoms with Crippen molar-refractivity contribution in [1.82, 2.24) is 0 Å². The van der Waals surface area contributed by atoms with Crippen LogP contribution in [-0.2, 0) is 11.3 Å². The number of methoxy groups -OCH3 is 2. The van der Waals surface area contributed by atoms with E-state index in [-0.39, 0.29) is 0 Å². The number of aryl methyl sites for hydroxylation is 1. The first-order valence-electron chi connectivity index (χ1n) is 6.18. The van der Waals surface area contributed by atoms with Gasteiger partial charge in [0.1, 0.15) is 17.8 Å². The van der Waals surface area contributed by atoms with Crippen molar-refractivity contribution in [3.63, 3.8) is 0 Å². The molecule has 2 aromatic rings. The zero-order chi connectivity index (χ0) is 14.5. The number of ether oxygens (including phenoxy) is 2. The highest BCUT2D eigenvalue weighted by Gasteiger charge is 2.10. The fourth-order valence-electron chi connectivity index (χ4n) is 1.84. The lowest BCUT2D eigenvalue weighted by Crippen LogP contribution is -2.01. The van der Waals surface area contributed by atoms with E-state index in [1.807, 2.05) is 25.1 Å². The third-order valence-electron chi connectivity index (χ3n) is 2.88. The summed E-state index contributed by atoms with van der Waals surface area (Å²) in [6, 6.07) is 7.52. The lowest BCUT2D eigenvalue weighted by molar-refractivity contribution is 0.0600. The number of carbonyl (C=O) groups excluding carboxylic acids is 1. The minimum Gasteiger partial charge on any atom is -0.495 e. The van der Waals surface area contributed by atoms with Gasteiger partial charge in [0.15, 0.2) is 0 Å². The van der Waals surface area contributed by atoms with Crippen molar-refractivity contribution >= 4 is 11.7 Å². The standard InChI is InChI=1S/C15H17NO4/c1-10-4-5-14(18-2)13(6-10)16-8-12-7-11(9-20-12)15(17)19-3/h4-7,9,16H,8H2,1-3H3. The Balaban J connectivity index is 2.07. The normalized spacial score (nSPS) is 10.2. The summed E-state index contributed by atoms with van der Waals surface area (Å²) in [4.78, 5) is 11.3. The van der Waals surface area contributed by atoms with Crippen molar-refractivity contribution in [1.29, 1.82) is 0 Å². The van der Waals surface area contributed by atoms with E-state index in [0.717, 1.165) is 17.0 Å². The largest absolute Gasteiger partial charge is 0.495 e. The van der Waals surface area contributed by atoms with Gasteiger partial charge in [-0.15, -0.1) is 0 Å². The van der Waals surface area contributed by atoms with Gasteiger partial charge >= 0.3 is 5.97 Å². The molecule has 0 amide bonds. The molecule has 106 valence electrons. The Bertz CT molecular complexity index is 604. The van der Waals surface area contributed by atoms with E-state index in [1.54, 1.807) is 13.2 Å². The molecule has 1 heterocycles. The number of nitrogens with one attached hydrogen (secondary N) is 1. The van der Waals surface area contributed by atoms with Crippen LogP contribution in [0.15, 0.2) is 34.9 Å². The van der Waals surface area contributed by atoms with Crippen LogP contribution in [0.3, 0.4) is 0 Å². The molecule has 1 N–H and O–H groups in total. The van der Waals surface area contributed by atoms with Crippen LogP contribution in [-0.4, -0.2) is 20.2 Å². The minimum atomic E-state index is -0.409. The van der Waals surface area contributed by atoms with Gasteiger partial charge in [0.2, 0.25) is 0 Å². The van der Waals surface area contributed by atoms with Gasteiger partial charge < -0.3 is 19.2 Å². The lowest BCUT2D eigenvalue weighted by atomic mass is 10.2. The molecule has 0 saturated carbocycles. The molecule has 0 aliphatic heterocycles. The predicted octanol–water partition coefficient (Wildman–Crippen LogP) is 3.00. The SMILES string of the molecule is COC(=O)c1coc(CNc2cc(C)ccc2OC)c1. The number of furan rings is 1. The molecule has 0 fully saturated rings. The number of hydrogen-bond donors (Lipinski definition) is 1. The van der Waals surface area contributed by atoms with Crippen molar-refractivity contribution in [2.45, 2.75) is 13.5 Å². The van der Waals surface area contributed by atoms with E-state index in [2.05, 4.69) is 10.1 Å². The second-order valence-corrected chi connectivity index (χ2v) is 4.35. The van der Waals surface area contributed by atoms with Gasteiger partial charge in [0.05, 0.1) is 32.0 Å². The number of esters is 1. The molecule has 0 unspecified atom stereocenters. The van der Waals surface area contributed by atoms with Crippen molar-refractivity contribution < 1.29 is 18.7 Å². The quantitative estimate of drug-likeness (QED) is 0.850. The van der Waals surface area contributed by atoms with Crippen LogP contribution < -0.4 is 10.1 Å². The highest BCUT2D eigenvalue weighted by atomic mass is 16.5. The van der Waals surface area contributed by atoms with E-state index < -0.39 is 5.97 Å². The van der Waals surface area contributed by atoms with Crippen molar-refractivity contribution in [3.05, 3.63) is 47.4 Å². The zero-order valence-corrected chi connectivity index (χ0v) is 11.7. The van der Waals surface area contributed by atoms with Crippen LogP contribution in [0.2, 0.25) is 0 Å². The molecule has 0 aliphatic rings. The molecular formula is C15H17NO4. The highest BCUT2D eigenvalue weighted by Crippen LogP contribution is 2.25. The average Bonchev–Trinajstić information content (AvgIpc) is 2.93. The Labute approximate surface area is 117 Å². The van der Waals surface area contributed by atoms with Crippen molar-refractivity contribution in [2.75, 3.05) is 19.5 Å². The van der Waals surface area contributed by atoms with E-state index in [0.29, 0.717) is 17.9 Å². The molecule has 0 atom stereocenters. The summed E-state index contributed by atoms with van der Waals surface area (Å²) in [5.74, 6) is 0.998. The second-order valence-electron chi connectivity index (χ2n) is 4.35. The van der Waals surface area contributed by atoms with Crippen LogP contribution in [0, 0.1) is 6.92 Å². The number of carbonyl (C=O) groups is 1. The molecule has 0 spiro atoms. The Hall–Kier alpha value is -2.43. The van der Waals surface area contributed by atoms with Gasteiger partial charge in [-0.25, -0.2) is 4.79 Å². The summed E-state index contributed by atoms with van der Waals surface area (Å²) in [5.41, 5.74) is 2.41. The van der Waals surface area contributed by atoms with Gasteiger partial charge in [-0.2, -0.15) is 0 Å². The summed E-state index contributed by atoms with van der Waals surface area (Å²) < 4.78 is 15.2. The monoisotopic (exact) mass is 275 g/mol. The molecular weight excluding hydrogens is 258 g/mol.